The molecule has 0 saturated carbocycles. The van der Waals surface area contributed by atoms with Gasteiger partial charge in [0.1, 0.15) is 12.6 Å². The molecule has 11 heteroatoms. The van der Waals surface area contributed by atoms with Crippen LogP contribution in [-0.4, -0.2) is 51.4 Å². The van der Waals surface area contributed by atoms with Crippen LogP contribution in [0.4, 0.5) is 13.2 Å². The molecule has 3 aromatic rings. The third-order valence-electron chi connectivity index (χ3n) is 6.03. The van der Waals surface area contributed by atoms with E-state index in [-0.39, 0.29) is 30.5 Å². The summed E-state index contributed by atoms with van der Waals surface area (Å²) < 4.78 is 44.9. The van der Waals surface area contributed by atoms with Crippen molar-refractivity contribution in [1.29, 1.82) is 0 Å². The van der Waals surface area contributed by atoms with E-state index in [2.05, 4.69) is 16.7 Å². The fourth-order valence-corrected chi connectivity index (χ4v) is 4.43. The van der Waals surface area contributed by atoms with Crippen molar-refractivity contribution in [2.24, 2.45) is 0 Å². The number of amides is 2. The first-order chi connectivity index (χ1) is 17.7. The van der Waals surface area contributed by atoms with Crippen LogP contribution in [0.25, 0.3) is 11.4 Å². The van der Waals surface area contributed by atoms with Gasteiger partial charge in [0.15, 0.2) is 0 Å². The van der Waals surface area contributed by atoms with Gasteiger partial charge in [-0.1, -0.05) is 41.0 Å². The molecular formula is C26H24ClF3N4O3. The van der Waals surface area contributed by atoms with Crippen molar-refractivity contribution in [2.75, 3.05) is 19.6 Å². The van der Waals surface area contributed by atoms with Gasteiger partial charge in [0, 0.05) is 29.2 Å². The Labute approximate surface area is 216 Å². The molecule has 2 amide bonds. The summed E-state index contributed by atoms with van der Waals surface area (Å²) in [6, 6.07) is 10.6. The summed E-state index contributed by atoms with van der Waals surface area (Å²) in [6.45, 7) is 3.67. The van der Waals surface area contributed by atoms with Gasteiger partial charge in [0.2, 0.25) is 17.6 Å². The molecule has 0 bridgehead atoms. The van der Waals surface area contributed by atoms with Crippen LogP contribution in [0, 0.1) is 0 Å². The molecule has 1 aromatic heterocycles. The second-order valence-corrected chi connectivity index (χ2v) is 9.05. The average molecular weight is 533 g/mol. The molecule has 0 aliphatic carbocycles. The number of carbonyl (C=O) groups excluding carboxylic acids is 2. The zero-order valence-corrected chi connectivity index (χ0v) is 20.5. The number of halogens is 4. The summed E-state index contributed by atoms with van der Waals surface area (Å²) in [7, 11) is 0. The highest BCUT2D eigenvalue weighted by Gasteiger charge is 2.34. The van der Waals surface area contributed by atoms with Crippen LogP contribution in [0.2, 0.25) is 5.02 Å². The average Bonchev–Trinajstić information content (AvgIpc) is 3.38. The van der Waals surface area contributed by atoms with E-state index in [1.54, 1.807) is 29.2 Å². The maximum atomic E-state index is 13.4. The molecular weight excluding hydrogens is 509 g/mol. The Kier molecular flexibility index (Phi) is 7.97. The minimum atomic E-state index is -4.59. The summed E-state index contributed by atoms with van der Waals surface area (Å²) in [5, 5.41) is 4.55. The van der Waals surface area contributed by atoms with Crippen LogP contribution < -0.4 is 0 Å². The van der Waals surface area contributed by atoms with Crippen molar-refractivity contribution in [3.63, 3.8) is 0 Å². The van der Waals surface area contributed by atoms with Crippen LogP contribution >= 0.6 is 11.6 Å². The molecule has 0 radical (unpaired) electrons. The molecule has 1 saturated heterocycles. The van der Waals surface area contributed by atoms with Crippen LogP contribution in [0.3, 0.4) is 0 Å². The third-order valence-corrected chi connectivity index (χ3v) is 6.27. The lowest BCUT2D eigenvalue weighted by atomic mass is 10.0. The largest absolute Gasteiger partial charge is 0.416 e. The molecule has 1 unspecified atom stereocenters. The lowest BCUT2D eigenvalue weighted by Gasteiger charge is -2.35. The zero-order valence-electron chi connectivity index (χ0n) is 19.7. The van der Waals surface area contributed by atoms with E-state index >= 15 is 0 Å². The van der Waals surface area contributed by atoms with Gasteiger partial charge in [-0.25, -0.2) is 0 Å². The van der Waals surface area contributed by atoms with Gasteiger partial charge < -0.3 is 14.3 Å². The quantitative estimate of drug-likeness (QED) is 0.360. The highest BCUT2D eigenvalue weighted by molar-refractivity contribution is 6.30. The first-order valence-electron chi connectivity index (χ1n) is 11.6. The molecule has 2 aromatic carbocycles. The number of hydrogen-bond acceptors (Lipinski definition) is 5. The molecule has 37 heavy (non-hydrogen) atoms. The van der Waals surface area contributed by atoms with E-state index < -0.39 is 23.7 Å². The Morgan fingerprint density at radius 3 is 2.70 bits per heavy atom. The molecule has 194 valence electrons. The van der Waals surface area contributed by atoms with E-state index in [0.717, 1.165) is 31.0 Å². The van der Waals surface area contributed by atoms with Crippen molar-refractivity contribution in [1.82, 2.24) is 19.9 Å². The lowest BCUT2D eigenvalue weighted by molar-refractivity contribution is -0.138. The van der Waals surface area contributed by atoms with Gasteiger partial charge in [0.25, 0.3) is 5.91 Å². The molecule has 1 aliphatic heterocycles. The van der Waals surface area contributed by atoms with Gasteiger partial charge in [-0.15, -0.1) is 6.58 Å². The standard InChI is InChI=1S/C26H24ClF3N4O3/c1-2-12-33(25(36)18-8-5-9-19(14-18)26(28,29)30)16-22(35)34-13-4-3-11-21(34)24-31-23(32-37-24)17-7-6-10-20(27)15-17/h2,5-10,14-15,21H,1,3-4,11-13,16H2. The Hall–Kier alpha value is -3.66. The monoisotopic (exact) mass is 532 g/mol. The second kappa shape index (κ2) is 11.2. The fraction of sp³-hybridized carbons (Fsp3) is 0.308. The number of carbonyl (C=O) groups is 2. The molecule has 4 rings (SSSR count). The van der Waals surface area contributed by atoms with Crippen molar-refractivity contribution < 1.29 is 27.3 Å². The fourth-order valence-electron chi connectivity index (χ4n) is 4.24. The predicted molar refractivity (Wildman–Crippen MR) is 131 cm³/mol. The van der Waals surface area contributed by atoms with Crippen molar-refractivity contribution in [3.05, 3.63) is 83.2 Å². The summed E-state index contributed by atoms with van der Waals surface area (Å²) in [4.78, 5) is 33.6. The highest BCUT2D eigenvalue weighted by atomic mass is 35.5. The topological polar surface area (TPSA) is 79.5 Å². The number of piperidine rings is 1. The van der Waals surface area contributed by atoms with Crippen molar-refractivity contribution >= 4 is 23.4 Å². The summed E-state index contributed by atoms with van der Waals surface area (Å²) in [6.07, 6.45) is -0.998. The minimum absolute atomic E-state index is 0.0151. The Morgan fingerprint density at radius 2 is 1.97 bits per heavy atom. The second-order valence-electron chi connectivity index (χ2n) is 8.62. The summed E-state index contributed by atoms with van der Waals surface area (Å²) >= 11 is 6.06. The summed E-state index contributed by atoms with van der Waals surface area (Å²) in [5.74, 6) is -0.477. The normalized spacial score (nSPS) is 15.9. The molecule has 2 heterocycles. The SMILES string of the molecule is C=CCN(CC(=O)N1CCCCC1c1nc(-c2cccc(Cl)c2)no1)C(=O)c1cccc(C(F)(F)F)c1. The number of benzene rings is 2. The molecule has 0 spiro atoms. The number of rotatable bonds is 7. The first-order valence-corrected chi connectivity index (χ1v) is 12.0. The number of hydrogen-bond donors (Lipinski definition) is 0. The van der Waals surface area contributed by atoms with Crippen LogP contribution in [-0.2, 0) is 11.0 Å². The maximum absolute atomic E-state index is 13.4. The summed E-state index contributed by atoms with van der Waals surface area (Å²) in [5.41, 5.74) is -0.436. The van der Waals surface area contributed by atoms with E-state index in [4.69, 9.17) is 16.1 Å². The zero-order chi connectivity index (χ0) is 26.6. The number of alkyl halides is 3. The molecule has 1 fully saturated rings. The maximum Gasteiger partial charge on any atom is 0.416 e. The first kappa shape index (κ1) is 26.4. The van der Waals surface area contributed by atoms with Crippen LogP contribution in [0.15, 0.2) is 65.7 Å². The van der Waals surface area contributed by atoms with Crippen LogP contribution in [0.1, 0.15) is 47.1 Å². The Morgan fingerprint density at radius 1 is 1.19 bits per heavy atom. The molecule has 1 atom stereocenters. The number of aromatic nitrogens is 2. The highest BCUT2D eigenvalue weighted by Crippen LogP contribution is 2.32. The van der Waals surface area contributed by atoms with E-state index in [1.807, 2.05) is 0 Å². The smallest absolute Gasteiger partial charge is 0.337 e. The van der Waals surface area contributed by atoms with Gasteiger partial charge in [0.05, 0.1) is 5.56 Å². The Bertz CT molecular complexity index is 1290. The van der Waals surface area contributed by atoms with Gasteiger partial charge in [-0.2, -0.15) is 18.2 Å². The van der Waals surface area contributed by atoms with E-state index in [1.165, 1.54) is 17.0 Å². The van der Waals surface area contributed by atoms with E-state index in [9.17, 15) is 22.8 Å². The van der Waals surface area contributed by atoms with Crippen molar-refractivity contribution in [3.8, 4) is 11.4 Å². The number of likely N-dealkylation sites (tertiary alicyclic amines) is 1. The Balaban J connectivity index is 1.53. The van der Waals surface area contributed by atoms with Gasteiger partial charge in [-0.3, -0.25) is 9.59 Å². The molecule has 1 aliphatic rings. The van der Waals surface area contributed by atoms with Gasteiger partial charge in [-0.05, 0) is 49.6 Å². The van der Waals surface area contributed by atoms with Crippen molar-refractivity contribution in [2.45, 2.75) is 31.5 Å². The minimum Gasteiger partial charge on any atom is -0.337 e. The predicted octanol–water partition coefficient (Wildman–Crippen LogP) is 5.79. The number of nitrogens with zero attached hydrogens (tertiary/aromatic N) is 4. The lowest BCUT2D eigenvalue weighted by Crippen LogP contribution is -2.46. The van der Waals surface area contributed by atoms with Gasteiger partial charge >= 0.3 is 6.18 Å². The third kappa shape index (κ3) is 6.19. The molecule has 7 nitrogen and oxygen atoms in total. The van der Waals surface area contributed by atoms with E-state index in [0.29, 0.717) is 29.4 Å². The molecule has 0 N–H and O–H groups in total. The van der Waals surface area contributed by atoms with Crippen LogP contribution in [0.5, 0.6) is 0 Å².